The number of benzene rings is 1. The highest BCUT2D eigenvalue weighted by molar-refractivity contribution is 5.28. The average molecular weight is 237 g/mol. The molecule has 17 heavy (non-hydrogen) atoms. The maximum atomic E-state index is 8.64. The molecule has 0 saturated heterocycles. The third-order valence-electron chi connectivity index (χ3n) is 2.82. The van der Waals surface area contributed by atoms with Crippen LogP contribution in [0.15, 0.2) is 24.3 Å². The molecule has 0 aliphatic rings. The van der Waals surface area contributed by atoms with E-state index >= 15 is 0 Å². The van der Waals surface area contributed by atoms with Crippen molar-refractivity contribution in [2.75, 3.05) is 13.2 Å². The van der Waals surface area contributed by atoms with Crippen LogP contribution in [0.5, 0.6) is 5.75 Å². The summed E-state index contributed by atoms with van der Waals surface area (Å²) in [6.45, 7) is 3.05. The lowest BCUT2D eigenvalue weighted by molar-refractivity contribution is 0.266. The highest BCUT2D eigenvalue weighted by atomic mass is 16.5. The van der Waals surface area contributed by atoms with Crippen LogP contribution in [0.3, 0.4) is 0 Å². The third-order valence-corrected chi connectivity index (χ3v) is 2.82. The molecule has 1 aromatic rings. The molecule has 1 rings (SSSR count). The Morgan fingerprint density at radius 1 is 1.18 bits per heavy atom. The molecular formula is C14H23NO2. The SMILES string of the molecule is CC[C@H](N)c1ccc(OCCCCCO)cc1. The molecule has 0 bridgehead atoms. The van der Waals surface area contributed by atoms with Gasteiger partial charge in [0.2, 0.25) is 0 Å². The van der Waals surface area contributed by atoms with Crippen molar-refractivity contribution < 1.29 is 9.84 Å². The molecule has 0 amide bonds. The van der Waals surface area contributed by atoms with Crippen LogP contribution in [-0.2, 0) is 0 Å². The van der Waals surface area contributed by atoms with E-state index in [1.807, 2.05) is 24.3 Å². The van der Waals surface area contributed by atoms with Gasteiger partial charge in [-0.25, -0.2) is 0 Å². The molecule has 0 spiro atoms. The van der Waals surface area contributed by atoms with Crippen molar-refractivity contribution in [3.05, 3.63) is 29.8 Å². The minimum absolute atomic E-state index is 0.119. The lowest BCUT2D eigenvalue weighted by Gasteiger charge is -2.10. The molecule has 3 heteroatoms. The highest BCUT2D eigenvalue weighted by Crippen LogP contribution is 2.18. The zero-order valence-corrected chi connectivity index (χ0v) is 10.6. The first-order valence-corrected chi connectivity index (χ1v) is 6.37. The minimum atomic E-state index is 0.119. The Morgan fingerprint density at radius 2 is 1.88 bits per heavy atom. The van der Waals surface area contributed by atoms with E-state index in [0.29, 0.717) is 6.61 Å². The Labute approximate surface area is 104 Å². The van der Waals surface area contributed by atoms with Crippen LogP contribution in [-0.4, -0.2) is 18.3 Å². The molecule has 1 aromatic carbocycles. The van der Waals surface area contributed by atoms with Gasteiger partial charge in [0.05, 0.1) is 6.61 Å². The van der Waals surface area contributed by atoms with Crippen LogP contribution in [0.1, 0.15) is 44.2 Å². The van der Waals surface area contributed by atoms with E-state index in [1.54, 1.807) is 0 Å². The number of unbranched alkanes of at least 4 members (excludes halogenated alkanes) is 2. The molecule has 0 aromatic heterocycles. The summed E-state index contributed by atoms with van der Waals surface area (Å²) in [7, 11) is 0. The van der Waals surface area contributed by atoms with E-state index in [1.165, 1.54) is 0 Å². The Balaban J connectivity index is 2.30. The van der Waals surface area contributed by atoms with Crippen molar-refractivity contribution in [3.63, 3.8) is 0 Å². The van der Waals surface area contributed by atoms with Gasteiger partial charge in [-0.05, 0) is 43.4 Å². The van der Waals surface area contributed by atoms with E-state index < -0.39 is 0 Å². The van der Waals surface area contributed by atoms with Crippen LogP contribution in [0.2, 0.25) is 0 Å². The van der Waals surface area contributed by atoms with E-state index in [9.17, 15) is 0 Å². The van der Waals surface area contributed by atoms with Gasteiger partial charge in [-0.1, -0.05) is 19.1 Å². The summed E-state index contributed by atoms with van der Waals surface area (Å²) in [5, 5.41) is 8.64. The summed E-state index contributed by atoms with van der Waals surface area (Å²) < 4.78 is 5.60. The number of nitrogens with two attached hydrogens (primary N) is 1. The van der Waals surface area contributed by atoms with Crippen molar-refractivity contribution in [2.24, 2.45) is 5.73 Å². The van der Waals surface area contributed by atoms with Gasteiger partial charge in [0.15, 0.2) is 0 Å². The summed E-state index contributed by atoms with van der Waals surface area (Å²) in [4.78, 5) is 0. The monoisotopic (exact) mass is 237 g/mol. The third kappa shape index (κ3) is 5.20. The van der Waals surface area contributed by atoms with E-state index in [4.69, 9.17) is 15.6 Å². The van der Waals surface area contributed by atoms with Gasteiger partial charge in [0.1, 0.15) is 5.75 Å². The van der Waals surface area contributed by atoms with E-state index in [-0.39, 0.29) is 12.6 Å². The fourth-order valence-corrected chi connectivity index (χ4v) is 1.63. The number of rotatable bonds is 8. The lowest BCUT2D eigenvalue weighted by atomic mass is 10.1. The van der Waals surface area contributed by atoms with Crippen molar-refractivity contribution in [1.82, 2.24) is 0 Å². The smallest absolute Gasteiger partial charge is 0.119 e. The lowest BCUT2D eigenvalue weighted by Crippen LogP contribution is -2.08. The normalized spacial score (nSPS) is 12.4. The van der Waals surface area contributed by atoms with E-state index in [2.05, 4.69) is 6.92 Å². The molecule has 0 radical (unpaired) electrons. The zero-order valence-electron chi connectivity index (χ0n) is 10.6. The van der Waals surface area contributed by atoms with Gasteiger partial charge >= 0.3 is 0 Å². The summed E-state index contributed by atoms with van der Waals surface area (Å²) in [6.07, 6.45) is 3.79. The molecule has 0 aliphatic carbocycles. The van der Waals surface area contributed by atoms with Crippen LogP contribution in [0.4, 0.5) is 0 Å². The molecule has 0 unspecified atom stereocenters. The second-order valence-corrected chi connectivity index (χ2v) is 4.22. The first-order chi connectivity index (χ1) is 8.27. The molecule has 0 saturated carbocycles. The molecular weight excluding hydrogens is 214 g/mol. The van der Waals surface area contributed by atoms with Crippen molar-refractivity contribution >= 4 is 0 Å². The molecule has 96 valence electrons. The van der Waals surface area contributed by atoms with Crippen molar-refractivity contribution in [2.45, 2.75) is 38.6 Å². The number of aliphatic hydroxyl groups excluding tert-OH is 1. The summed E-state index contributed by atoms with van der Waals surface area (Å²) in [5.74, 6) is 0.890. The van der Waals surface area contributed by atoms with Crippen molar-refractivity contribution in [1.29, 1.82) is 0 Å². The number of hydrogen-bond acceptors (Lipinski definition) is 3. The van der Waals surface area contributed by atoms with Crippen LogP contribution in [0.25, 0.3) is 0 Å². The Hall–Kier alpha value is -1.06. The number of hydrogen-bond donors (Lipinski definition) is 2. The maximum absolute atomic E-state index is 8.64. The summed E-state index contributed by atoms with van der Waals surface area (Å²) in [6, 6.07) is 8.11. The first kappa shape index (κ1) is 14.0. The minimum Gasteiger partial charge on any atom is -0.494 e. The molecule has 1 atom stereocenters. The second kappa shape index (κ2) is 8.09. The number of aliphatic hydroxyl groups is 1. The first-order valence-electron chi connectivity index (χ1n) is 6.37. The van der Waals surface area contributed by atoms with Crippen molar-refractivity contribution in [3.8, 4) is 5.75 Å². The topological polar surface area (TPSA) is 55.5 Å². The zero-order chi connectivity index (χ0) is 12.5. The Kier molecular flexibility index (Phi) is 6.67. The highest BCUT2D eigenvalue weighted by Gasteiger charge is 2.02. The Bertz CT molecular complexity index is 298. The fourth-order valence-electron chi connectivity index (χ4n) is 1.63. The molecule has 0 aliphatic heterocycles. The molecule has 3 N–H and O–H groups in total. The summed E-state index contributed by atoms with van der Waals surface area (Å²) >= 11 is 0. The molecule has 0 heterocycles. The van der Waals surface area contributed by atoms with E-state index in [0.717, 1.165) is 37.0 Å². The quantitative estimate of drug-likeness (QED) is 0.683. The molecule has 3 nitrogen and oxygen atoms in total. The Morgan fingerprint density at radius 3 is 2.47 bits per heavy atom. The predicted octanol–water partition coefficient (Wildman–Crippen LogP) is 2.64. The molecule has 0 fully saturated rings. The van der Waals surface area contributed by atoms with Gasteiger partial charge in [-0.15, -0.1) is 0 Å². The van der Waals surface area contributed by atoms with Crippen LogP contribution in [0, 0.1) is 0 Å². The van der Waals surface area contributed by atoms with Gasteiger partial charge in [-0.2, -0.15) is 0 Å². The average Bonchev–Trinajstić information content (AvgIpc) is 2.38. The van der Waals surface area contributed by atoms with Crippen LogP contribution >= 0.6 is 0 Å². The standard InChI is InChI=1S/C14H23NO2/c1-2-14(15)12-6-8-13(9-7-12)17-11-5-3-4-10-16/h6-9,14,16H,2-5,10-11,15H2,1H3/t14-/m0/s1. The number of ether oxygens (including phenoxy) is 1. The second-order valence-electron chi connectivity index (χ2n) is 4.22. The predicted molar refractivity (Wildman–Crippen MR) is 70.1 cm³/mol. The fraction of sp³-hybridized carbons (Fsp3) is 0.571. The largest absolute Gasteiger partial charge is 0.494 e. The van der Waals surface area contributed by atoms with Crippen LogP contribution < -0.4 is 10.5 Å². The summed E-state index contributed by atoms with van der Waals surface area (Å²) in [5.41, 5.74) is 7.09. The van der Waals surface area contributed by atoms with Gasteiger partial charge in [0, 0.05) is 12.6 Å². The van der Waals surface area contributed by atoms with Gasteiger partial charge in [-0.3, -0.25) is 0 Å². The van der Waals surface area contributed by atoms with Gasteiger partial charge < -0.3 is 15.6 Å². The van der Waals surface area contributed by atoms with Gasteiger partial charge in [0.25, 0.3) is 0 Å². The maximum Gasteiger partial charge on any atom is 0.119 e.